The molecule has 0 aromatic carbocycles. The maximum atomic E-state index is 12.2. The molecule has 0 spiro atoms. The summed E-state index contributed by atoms with van der Waals surface area (Å²) in [6.45, 7) is 1.13. The third-order valence-electron chi connectivity index (χ3n) is 4.68. The SMILES string of the molecule is O=C(O)CCCNC(=O)N1CCCC1C1CCCCC1O. The quantitative estimate of drug-likeness (QED) is 0.672. The Labute approximate surface area is 125 Å². The van der Waals surface area contributed by atoms with Crippen molar-refractivity contribution in [3.8, 4) is 0 Å². The molecular weight excluding hydrogens is 272 g/mol. The molecule has 0 bridgehead atoms. The lowest BCUT2D eigenvalue weighted by Gasteiger charge is -2.37. The van der Waals surface area contributed by atoms with Crippen LogP contribution in [0.15, 0.2) is 0 Å². The molecule has 2 aliphatic rings. The Bertz CT molecular complexity index is 375. The number of rotatable bonds is 5. The van der Waals surface area contributed by atoms with E-state index >= 15 is 0 Å². The number of nitrogens with zero attached hydrogens (tertiary/aromatic N) is 1. The van der Waals surface area contributed by atoms with Crippen molar-refractivity contribution >= 4 is 12.0 Å². The lowest BCUT2D eigenvalue weighted by molar-refractivity contribution is -0.137. The lowest BCUT2D eigenvalue weighted by Crippen LogP contribution is -2.49. The van der Waals surface area contributed by atoms with Gasteiger partial charge in [-0.2, -0.15) is 0 Å². The van der Waals surface area contributed by atoms with Gasteiger partial charge in [-0.3, -0.25) is 4.79 Å². The van der Waals surface area contributed by atoms with Crippen LogP contribution in [0.4, 0.5) is 4.79 Å². The summed E-state index contributed by atoms with van der Waals surface area (Å²) in [5.41, 5.74) is 0. The number of aliphatic carboxylic acids is 1. The predicted molar refractivity (Wildman–Crippen MR) is 78.0 cm³/mol. The first kappa shape index (κ1) is 16.1. The topological polar surface area (TPSA) is 89.9 Å². The number of nitrogens with one attached hydrogen (secondary N) is 1. The molecular formula is C15H26N2O4. The average molecular weight is 298 g/mol. The Morgan fingerprint density at radius 1 is 1.14 bits per heavy atom. The molecule has 2 amide bonds. The van der Waals surface area contributed by atoms with Crippen molar-refractivity contribution in [1.82, 2.24) is 10.2 Å². The molecule has 21 heavy (non-hydrogen) atoms. The first-order chi connectivity index (χ1) is 10.1. The van der Waals surface area contributed by atoms with Crippen LogP contribution < -0.4 is 5.32 Å². The minimum atomic E-state index is -0.839. The normalized spacial score (nSPS) is 29.4. The summed E-state index contributed by atoms with van der Waals surface area (Å²) in [6, 6.07) is 0.0282. The van der Waals surface area contributed by atoms with Crippen molar-refractivity contribution in [2.24, 2.45) is 5.92 Å². The standard InChI is InChI=1S/C15H26N2O4/c18-13-7-2-1-5-11(13)12-6-4-10-17(12)15(21)16-9-3-8-14(19)20/h11-13,18H,1-10H2,(H,16,21)(H,19,20). The first-order valence-corrected chi connectivity index (χ1v) is 8.04. The number of likely N-dealkylation sites (tertiary alicyclic amines) is 1. The van der Waals surface area contributed by atoms with Gasteiger partial charge in [0.25, 0.3) is 0 Å². The van der Waals surface area contributed by atoms with Crippen LogP contribution in [0.2, 0.25) is 0 Å². The van der Waals surface area contributed by atoms with E-state index in [2.05, 4.69) is 5.32 Å². The van der Waals surface area contributed by atoms with Crippen molar-refractivity contribution in [2.75, 3.05) is 13.1 Å². The van der Waals surface area contributed by atoms with E-state index in [0.29, 0.717) is 13.0 Å². The minimum absolute atomic E-state index is 0.0745. The van der Waals surface area contributed by atoms with E-state index in [0.717, 1.165) is 45.1 Å². The van der Waals surface area contributed by atoms with Gasteiger partial charge in [0.2, 0.25) is 0 Å². The number of hydrogen-bond donors (Lipinski definition) is 3. The van der Waals surface area contributed by atoms with Gasteiger partial charge < -0.3 is 20.4 Å². The van der Waals surface area contributed by atoms with Crippen molar-refractivity contribution in [3.63, 3.8) is 0 Å². The third kappa shape index (κ3) is 4.33. The molecule has 6 heteroatoms. The molecule has 0 aromatic rings. The van der Waals surface area contributed by atoms with Crippen molar-refractivity contribution < 1.29 is 19.8 Å². The molecule has 120 valence electrons. The van der Waals surface area contributed by atoms with Crippen molar-refractivity contribution in [2.45, 2.75) is 63.5 Å². The molecule has 2 fully saturated rings. The highest BCUT2D eigenvalue weighted by molar-refractivity contribution is 5.75. The molecule has 3 unspecified atom stereocenters. The molecule has 6 nitrogen and oxygen atoms in total. The van der Waals surface area contributed by atoms with Gasteiger partial charge in [-0.05, 0) is 32.1 Å². The molecule has 2 rings (SSSR count). The third-order valence-corrected chi connectivity index (χ3v) is 4.68. The molecule has 1 saturated heterocycles. The second-order valence-corrected chi connectivity index (χ2v) is 6.15. The first-order valence-electron chi connectivity index (χ1n) is 8.04. The van der Waals surface area contributed by atoms with Gasteiger partial charge in [-0.25, -0.2) is 4.79 Å². The van der Waals surface area contributed by atoms with Gasteiger partial charge in [0.15, 0.2) is 0 Å². The van der Waals surface area contributed by atoms with Crippen LogP contribution in [0.5, 0.6) is 0 Å². The summed E-state index contributed by atoms with van der Waals surface area (Å²) < 4.78 is 0. The zero-order valence-corrected chi connectivity index (χ0v) is 12.5. The summed E-state index contributed by atoms with van der Waals surface area (Å²) in [6.07, 6.45) is 6.23. The van der Waals surface area contributed by atoms with Crippen LogP contribution in [-0.4, -0.2) is 52.3 Å². The number of urea groups is 1. The highest BCUT2D eigenvalue weighted by Crippen LogP contribution is 2.34. The van der Waals surface area contributed by atoms with Gasteiger partial charge in [0, 0.05) is 31.5 Å². The van der Waals surface area contributed by atoms with E-state index < -0.39 is 5.97 Å². The zero-order valence-electron chi connectivity index (χ0n) is 12.5. The number of aliphatic hydroxyl groups is 1. The maximum Gasteiger partial charge on any atom is 0.317 e. The van der Waals surface area contributed by atoms with Crippen LogP contribution in [0, 0.1) is 5.92 Å². The van der Waals surface area contributed by atoms with E-state index in [1.54, 1.807) is 0 Å². The molecule has 1 aliphatic carbocycles. The Hall–Kier alpha value is -1.30. The number of carbonyl (C=O) groups excluding carboxylic acids is 1. The molecule has 1 saturated carbocycles. The second-order valence-electron chi connectivity index (χ2n) is 6.15. The minimum Gasteiger partial charge on any atom is -0.481 e. The number of hydrogen-bond acceptors (Lipinski definition) is 3. The Morgan fingerprint density at radius 2 is 1.90 bits per heavy atom. The maximum absolute atomic E-state index is 12.2. The van der Waals surface area contributed by atoms with Gasteiger partial charge >= 0.3 is 12.0 Å². The number of amides is 2. The summed E-state index contributed by atoms with van der Waals surface area (Å²) in [4.78, 5) is 24.5. The number of carboxylic acid groups (broad SMARTS) is 1. The van der Waals surface area contributed by atoms with E-state index in [4.69, 9.17) is 5.11 Å². The molecule has 1 heterocycles. The Balaban J connectivity index is 1.82. The smallest absolute Gasteiger partial charge is 0.317 e. The molecule has 3 N–H and O–H groups in total. The van der Waals surface area contributed by atoms with Crippen molar-refractivity contribution in [3.05, 3.63) is 0 Å². The van der Waals surface area contributed by atoms with Crippen LogP contribution in [0.3, 0.4) is 0 Å². The van der Waals surface area contributed by atoms with Gasteiger partial charge in [-0.15, -0.1) is 0 Å². The Morgan fingerprint density at radius 3 is 2.62 bits per heavy atom. The second kappa shape index (κ2) is 7.64. The molecule has 0 aromatic heterocycles. The van der Waals surface area contributed by atoms with Crippen LogP contribution in [0.25, 0.3) is 0 Å². The van der Waals surface area contributed by atoms with Gasteiger partial charge in [-0.1, -0.05) is 12.8 Å². The summed E-state index contributed by atoms with van der Waals surface area (Å²) in [7, 11) is 0. The average Bonchev–Trinajstić information content (AvgIpc) is 2.93. The fourth-order valence-electron chi connectivity index (χ4n) is 3.62. The summed E-state index contributed by atoms with van der Waals surface area (Å²) >= 11 is 0. The fraction of sp³-hybridized carbons (Fsp3) is 0.867. The fourth-order valence-corrected chi connectivity index (χ4v) is 3.62. The van der Waals surface area contributed by atoms with Crippen LogP contribution >= 0.6 is 0 Å². The highest BCUT2D eigenvalue weighted by Gasteiger charge is 2.38. The van der Waals surface area contributed by atoms with Gasteiger partial charge in [0.1, 0.15) is 0 Å². The van der Waals surface area contributed by atoms with Crippen molar-refractivity contribution in [1.29, 1.82) is 0 Å². The van der Waals surface area contributed by atoms with E-state index in [-0.39, 0.29) is 30.5 Å². The predicted octanol–water partition coefficient (Wildman–Crippen LogP) is 1.58. The Kier molecular flexibility index (Phi) is 5.85. The van der Waals surface area contributed by atoms with E-state index in [9.17, 15) is 14.7 Å². The molecule has 1 aliphatic heterocycles. The molecule has 3 atom stereocenters. The zero-order chi connectivity index (χ0) is 15.2. The van der Waals surface area contributed by atoms with Gasteiger partial charge in [0.05, 0.1) is 6.10 Å². The van der Waals surface area contributed by atoms with Crippen LogP contribution in [0.1, 0.15) is 51.4 Å². The van der Waals surface area contributed by atoms with E-state index in [1.165, 1.54) is 0 Å². The van der Waals surface area contributed by atoms with Crippen LogP contribution in [-0.2, 0) is 4.79 Å². The number of carbonyl (C=O) groups is 2. The highest BCUT2D eigenvalue weighted by atomic mass is 16.4. The largest absolute Gasteiger partial charge is 0.481 e. The monoisotopic (exact) mass is 298 g/mol. The molecule has 0 radical (unpaired) electrons. The number of aliphatic hydroxyl groups excluding tert-OH is 1. The number of carboxylic acids is 1. The van der Waals surface area contributed by atoms with E-state index in [1.807, 2.05) is 4.90 Å². The summed E-state index contributed by atoms with van der Waals surface area (Å²) in [5, 5.41) is 21.6. The lowest BCUT2D eigenvalue weighted by atomic mass is 9.80. The summed E-state index contributed by atoms with van der Waals surface area (Å²) in [5.74, 6) is -0.639.